The molecule has 2 aromatic carbocycles. The van der Waals surface area contributed by atoms with Crippen LogP contribution in [0.5, 0.6) is 5.75 Å². The van der Waals surface area contributed by atoms with E-state index in [2.05, 4.69) is 0 Å². The number of halogens is 1. The SMILES string of the molecule is O=CCc1cc(-c2ccc(S(=O)(=O)N3CCC4(CC3)CN(C3CC3)C(=O)CO4)c(F)c2)ccc1O. The van der Waals surface area contributed by atoms with Gasteiger partial charge in [-0.15, -0.1) is 0 Å². The Kier molecular flexibility index (Phi) is 6.14. The van der Waals surface area contributed by atoms with E-state index < -0.39 is 26.3 Å². The lowest BCUT2D eigenvalue weighted by atomic mass is 9.90. The monoisotopic (exact) mass is 502 g/mol. The van der Waals surface area contributed by atoms with E-state index >= 15 is 4.39 Å². The Bertz CT molecular complexity index is 1270. The summed E-state index contributed by atoms with van der Waals surface area (Å²) in [4.78, 5) is 24.5. The Labute approximate surface area is 203 Å². The molecule has 2 aliphatic heterocycles. The quantitative estimate of drug-likeness (QED) is 0.609. The molecule has 2 aromatic rings. The van der Waals surface area contributed by atoms with E-state index in [0.29, 0.717) is 42.4 Å². The number of amides is 1. The van der Waals surface area contributed by atoms with Crippen LogP contribution in [0.2, 0.25) is 0 Å². The van der Waals surface area contributed by atoms with E-state index in [1.165, 1.54) is 22.5 Å². The Hall–Kier alpha value is -2.82. The van der Waals surface area contributed by atoms with Crippen molar-refractivity contribution in [2.24, 2.45) is 0 Å². The number of benzene rings is 2. The molecule has 1 aliphatic carbocycles. The van der Waals surface area contributed by atoms with Crippen molar-refractivity contribution in [3.8, 4) is 16.9 Å². The smallest absolute Gasteiger partial charge is 0.248 e. The standard InChI is InChI=1S/C25H27FN2O6S/c26-21-14-18(17-1-5-22(30)19(13-17)7-12-29)2-6-23(21)35(32,33)27-10-8-25(9-11-27)16-28(20-3-4-20)24(31)15-34-25/h1-2,5-6,12-14,20,30H,3-4,7-11,15-16H2. The third kappa shape index (κ3) is 4.57. The molecule has 0 radical (unpaired) electrons. The lowest BCUT2D eigenvalue weighted by molar-refractivity contribution is -0.170. The second-order valence-electron chi connectivity index (χ2n) is 9.49. The number of aromatic hydroxyl groups is 1. The van der Waals surface area contributed by atoms with Gasteiger partial charge in [0.1, 0.15) is 29.4 Å². The highest BCUT2D eigenvalue weighted by Crippen LogP contribution is 2.38. The topological polar surface area (TPSA) is 104 Å². The van der Waals surface area contributed by atoms with Gasteiger partial charge in [-0.3, -0.25) is 4.79 Å². The van der Waals surface area contributed by atoms with Gasteiger partial charge in [-0.1, -0.05) is 12.1 Å². The number of nitrogens with zero attached hydrogens (tertiary/aromatic N) is 2. The lowest BCUT2D eigenvalue weighted by Gasteiger charge is -2.46. The lowest BCUT2D eigenvalue weighted by Crippen LogP contribution is -2.59. The van der Waals surface area contributed by atoms with Gasteiger partial charge in [-0.25, -0.2) is 12.8 Å². The molecule has 1 saturated carbocycles. The molecule has 3 aliphatic rings. The molecule has 10 heteroatoms. The Morgan fingerprint density at radius 1 is 1.11 bits per heavy atom. The van der Waals surface area contributed by atoms with E-state index in [1.54, 1.807) is 12.1 Å². The number of hydrogen-bond donors (Lipinski definition) is 1. The second-order valence-corrected chi connectivity index (χ2v) is 11.4. The van der Waals surface area contributed by atoms with Crippen LogP contribution in [-0.4, -0.2) is 72.8 Å². The van der Waals surface area contributed by atoms with Crippen LogP contribution in [0, 0.1) is 5.82 Å². The van der Waals surface area contributed by atoms with Gasteiger partial charge >= 0.3 is 0 Å². The highest BCUT2D eigenvalue weighted by Gasteiger charge is 2.47. The van der Waals surface area contributed by atoms with E-state index in [4.69, 9.17) is 4.74 Å². The van der Waals surface area contributed by atoms with Crippen LogP contribution in [-0.2, 0) is 30.8 Å². The number of rotatable bonds is 6. The number of piperidine rings is 1. The zero-order valence-electron chi connectivity index (χ0n) is 19.2. The number of sulfonamides is 1. The second kappa shape index (κ2) is 9.00. The Morgan fingerprint density at radius 2 is 1.80 bits per heavy atom. The molecule has 1 N–H and O–H groups in total. The minimum absolute atomic E-state index is 0.0118. The number of ether oxygens (including phenoxy) is 1. The van der Waals surface area contributed by atoms with Crippen molar-refractivity contribution in [2.75, 3.05) is 26.2 Å². The van der Waals surface area contributed by atoms with Crippen molar-refractivity contribution < 1.29 is 32.2 Å². The van der Waals surface area contributed by atoms with Crippen LogP contribution < -0.4 is 0 Å². The number of morpholine rings is 1. The molecule has 2 heterocycles. The minimum Gasteiger partial charge on any atom is -0.508 e. The van der Waals surface area contributed by atoms with Gasteiger partial charge in [-0.2, -0.15) is 4.31 Å². The fourth-order valence-electron chi connectivity index (χ4n) is 4.94. The summed E-state index contributed by atoms with van der Waals surface area (Å²) in [5.74, 6) is -0.913. The van der Waals surface area contributed by atoms with Gasteiger partial charge in [0.15, 0.2) is 0 Å². The molecule has 8 nitrogen and oxygen atoms in total. The first-order valence-corrected chi connectivity index (χ1v) is 13.2. The summed E-state index contributed by atoms with van der Waals surface area (Å²) in [5.41, 5.74) is 0.852. The number of aldehydes is 1. The minimum atomic E-state index is -4.06. The highest BCUT2D eigenvalue weighted by molar-refractivity contribution is 7.89. The van der Waals surface area contributed by atoms with Gasteiger partial charge in [0, 0.05) is 31.1 Å². The summed E-state index contributed by atoms with van der Waals surface area (Å²) >= 11 is 0. The van der Waals surface area contributed by atoms with Crippen LogP contribution in [0.1, 0.15) is 31.2 Å². The molecule has 1 spiro atoms. The predicted octanol–water partition coefficient (Wildman–Crippen LogP) is 2.48. The number of carbonyl (C=O) groups is 2. The Morgan fingerprint density at radius 3 is 2.46 bits per heavy atom. The van der Waals surface area contributed by atoms with Crippen molar-refractivity contribution in [1.29, 1.82) is 0 Å². The van der Waals surface area contributed by atoms with Gasteiger partial charge < -0.3 is 19.5 Å². The van der Waals surface area contributed by atoms with Crippen LogP contribution in [0.4, 0.5) is 4.39 Å². The number of phenols is 1. The molecule has 1 amide bonds. The van der Waals surface area contributed by atoms with E-state index in [0.717, 1.165) is 18.9 Å². The molecule has 0 atom stereocenters. The van der Waals surface area contributed by atoms with E-state index in [-0.39, 0.29) is 43.8 Å². The fraction of sp³-hybridized carbons (Fsp3) is 0.440. The van der Waals surface area contributed by atoms with Gasteiger partial charge in [0.05, 0.1) is 12.1 Å². The summed E-state index contributed by atoms with van der Waals surface area (Å²) in [7, 11) is -4.06. The molecule has 35 heavy (non-hydrogen) atoms. The molecule has 0 bridgehead atoms. The average Bonchev–Trinajstić information content (AvgIpc) is 3.68. The predicted molar refractivity (Wildman–Crippen MR) is 125 cm³/mol. The molecule has 5 rings (SSSR count). The zero-order chi connectivity index (χ0) is 24.8. The summed E-state index contributed by atoms with van der Waals surface area (Å²) in [6, 6.07) is 8.78. The van der Waals surface area contributed by atoms with Crippen LogP contribution >= 0.6 is 0 Å². The maximum absolute atomic E-state index is 15.1. The van der Waals surface area contributed by atoms with E-state index in [9.17, 15) is 23.1 Å². The molecule has 3 fully saturated rings. The van der Waals surface area contributed by atoms with Crippen molar-refractivity contribution in [2.45, 2.75) is 48.6 Å². The summed E-state index contributed by atoms with van der Waals surface area (Å²) in [6.07, 6.45) is 3.56. The van der Waals surface area contributed by atoms with E-state index in [1.807, 2.05) is 4.90 Å². The normalized spacial score (nSPS) is 20.8. The van der Waals surface area contributed by atoms with Crippen molar-refractivity contribution in [1.82, 2.24) is 9.21 Å². The summed E-state index contributed by atoms with van der Waals surface area (Å²) in [5, 5.41) is 9.87. The molecule has 2 saturated heterocycles. The first-order chi connectivity index (χ1) is 16.7. The number of phenolic OH excluding ortho intramolecular Hbond substituents is 1. The fourth-order valence-corrected chi connectivity index (χ4v) is 6.43. The van der Waals surface area contributed by atoms with Crippen LogP contribution in [0.25, 0.3) is 11.1 Å². The zero-order valence-corrected chi connectivity index (χ0v) is 20.0. The van der Waals surface area contributed by atoms with Crippen molar-refractivity contribution >= 4 is 22.2 Å². The highest BCUT2D eigenvalue weighted by atomic mass is 32.2. The van der Waals surface area contributed by atoms with Crippen LogP contribution in [0.3, 0.4) is 0 Å². The number of carbonyl (C=O) groups excluding carboxylic acids is 2. The summed E-state index contributed by atoms with van der Waals surface area (Å²) < 4.78 is 48.7. The average molecular weight is 503 g/mol. The van der Waals surface area contributed by atoms with Gasteiger partial charge in [0.2, 0.25) is 15.9 Å². The molecule has 0 unspecified atom stereocenters. The maximum Gasteiger partial charge on any atom is 0.248 e. The molecular formula is C25H27FN2O6S. The van der Waals surface area contributed by atoms with Crippen LogP contribution in [0.15, 0.2) is 41.3 Å². The third-order valence-electron chi connectivity index (χ3n) is 7.17. The summed E-state index contributed by atoms with van der Waals surface area (Å²) in [6.45, 7) is 0.865. The molecule has 186 valence electrons. The van der Waals surface area contributed by atoms with Gasteiger partial charge in [0.25, 0.3) is 0 Å². The third-order valence-corrected chi connectivity index (χ3v) is 9.10. The van der Waals surface area contributed by atoms with Crippen molar-refractivity contribution in [3.05, 3.63) is 47.8 Å². The first-order valence-electron chi connectivity index (χ1n) is 11.7. The number of hydrogen-bond acceptors (Lipinski definition) is 6. The molecule has 0 aromatic heterocycles. The first kappa shape index (κ1) is 23.9. The largest absolute Gasteiger partial charge is 0.508 e. The Balaban J connectivity index is 1.32. The van der Waals surface area contributed by atoms with Crippen molar-refractivity contribution in [3.63, 3.8) is 0 Å². The maximum atomic E-state index is 15.1. The molecular weight excluding hydrogens is 475 g/mol. The van der Waals surface area contributed by atoms with Gasteiger partial charge in [-0.05, 0) is 61.1 Å².